The van der Waals surface area contributed by atoms with E-state index in [2.05, 4.69) is 10.6 Å². The van der Waals surface area contributed by atoms with Gasteiger partial charge in [-0.2, -0.15) is 0 Å². The monoisotopic (exact) mass is 376 g/mol. The van der Waals surface area contributed by atoms with E-state index in [-0.39, 0.29) is 18.2 Å². The van der Waals surface area contributed by atoms with Crippen molar-refractivity contribution in [2.24, 2.45) is 0 Å². The molecule has 6 nitrogen and oxygen atoms in total. The van der Waals surface area contributed by atoms with E-state index in [1.54, 1.807) is 49.6 Å². The Labute approximate surface area is 157 Å². The summed E-state index contributed by atoms with van der Waals surface area (Å²) in [6, 6.07) is 11.7. The van der Waals surface area contributed by atoms with Crippen LogP contribution in [0.1, 0.15) is 24.9 Å². The molecule has 0 heterocycles. The molecule has 0 fully saturated rings. The Balaban J connectivity index is 2.11. The molecule has 0 aliphatic heterocycles. The highest BCUT2D eigenvalue weighted by Crippen LogP contribution is 2.30. The van der Waals surface area contributed by atoms with Crippen LogP contribution in [0.2, 0.25) is 5.02 Å². The molecule has 0 radical (unpaired) electrons. The fraction of sp³-hybridized carbons (Fsp3) is 0.263. The number of ether oxygens (including phenoxy) is 2. The molecular formula is C19H21ClN2O4. The second-order valence-corrected chi connectivity index (χ2v) is 6.06. The standard InChI is InChI=1S/C19H21ClN2O4/c1-12(23)21-16(13-4-6-14(20)7-5-13)11-19(24)22-15-8-9-17(25-2)18(10-15)26-3/h4-10,16H,11H2,1-3H3,(H,21,23)(H,22,24). The number of hydrogen-bond donors (Lipinski definition) is 2. The first-order chi connectivity index (χ1) is 12.4. The fourth-order valence-corrected chi connectivity index (χ4v) is 2.63. The van der Waals surface area contributed by atoms with Gasteiger partial charge in [0, 0.05) is 23.7 Å². The van der Waals surface area contributed by atoms with Gasteiger partial charge in [0.15, 0.2) is 11.5 Å². The van der Waals surface area contributed by atoms with Crippen molar-refractivity contribution in [3.8, 4) is 11.5 Å². The molecule has 2 rings (SSSR count). The number of methoxy groups -OCH3 is 2. The predicted octanol–water partition coefficient (Wildman–Crippen LogP) is 3.56. The molecule has 0 aliphatic rings. The van der Waals surface area contributed by atoms with Crippen LogP contribution in [0.15, 0.2) is 42.5 Å². The van der Waals surface area contributed by atoms with Crippen LogP contribution in [0.3, 0.4) is 0 Å². The van der Waals surface area contributed by atoms with Crippen LogP contribution in [-0.4, -0.2) is 26.0 Å². The third kappa shape index (κ3) is 5.39. The Morgan fingerprint density at radius 3 is 2.27 bits per heavy atom. The zero-order chi connectivity index (χ0) is 19.1. The summed E-state index contributed by atoms with van der Waals surface area (Å²) in [5.74, 6) is 0.624. The molecular weight excluding hydrogens is 356 g/mol. The molecule has 0 saturated heterocycles. The predicted molar refractivity (Wildman–Crippen MR) is 101 cm³/mol. The summed E-state index contributed by atoms with van der Waals surface area (Å²) in [7, 11) is 3.07. The lowest BCUT2D eigenvalue weighted by molar-refractivity contribution is -0.120. The van der Waals surface area contributed by atoms with Gasteiger partial charge in [0.1, 0.15) is 0 Å². The first kappa shape index (κ1) is 19.6. The molecule has 2 aromatic rings. The van der Waals surface area contributed by atoms with E-state index in [1.807, 2.05) is 0 Å². The van der Waals surface area contributed by atoms with E-state index in [1.165, 1.54) is 14.0 Å². The maximum atomic E-state index is 12.4. The summed E-state index contributed by atoms with van der Waals surface area (Å²) in [6.45, 7) is 1.41. The van der Waals surface area contributed by atoms with E-state index in [4.69, 9.17) is 21.1 Å². The minimum atomic E-state index is -0.454. The summed E-state index contributed by atoms with van der Waals surface area (Å²) in [6.07, 6.45) is 0.0789. The number of hydrogen-bond acceptors (Lipinski definition) is 4. The number of anilines is 1. The van der Waals surface area contributed by atoms with Gasteiger partial charge >= 0.3 is 0 Å². The van der Waals surface area contributed by atoms with Gasteiger partial charge < -0.3 is 20.1 Å². The Kier molecular flexibility index (Phi) is 6.86. The molecule has 1 atom stereocenters. The third-order valence-corrected chi connectivity index (χ3v) is 3.96. The average molecular weight is 377 g/mol. The number of benzene rings is 2. The average Bonchev–Trinajstić information content (AvgIpc) is 2.61. The second-order valence-electron chi connectivity index (χ2n) is 5.63. The Morgan fingerprint density at radius 1 is 1.04 bits per heavy atom. The first-order valence-corrected chi connectivity index (χ1v) is 8.35. The third-order valence-electron chi connectivity index (χ3n) is 3.71. The zero-order valence-electron chi connectivity index (χ0n) is 14.8. The van der Waals surface area contributed by atoms with Crippen LogP contribution >= 0.6 is 11.6 Å². The van der Waals surface area contributed by atoms with E-state index in [0.29, 0.717) is 22.2 Å². The largest absolute Gasteiger partial charge is 0.493 e. The summed E-state index contributed by atoms with van der Waals surface area (Å²) in [5, 5.41) is 6.17. The Morgan fingerprint density at radius 2 is 1.69 bits per heavy atom. The highest BCUT2D eigenvalue weighted by atomic mass is 35.5. The molecule has 2 amide bonds. The Bertz CT molecular complexity index is 778. The van der Waals surface area contributed by atoms with Crippen molar-refractivity contribution >= 4 is 29.1 Å². The summed E-state index contributed by atoms with van der Waals surface area (Å²) >= 11 is 5.90. The lowest BCUT2D eigenvalue weighted by atomic mass is 10.0. The number of carbonyl (C=O) groups is 2. The van der Waals surface area contributed by atoms with Crippen molar-refractivity contribution in [1.29, 1.82) is 0 Å². The quantitative estimate of drug-likeness (QED) is 0.774. The summed E-state index contributed by atoms with van der Waals surface area (Å²) in [5.41, 5.74) is 1.37. The van der Waals surface area contributed by atoms with Crippen LogP contribution in [0.5, 0.6) is 11.5 Å². The normalized spacial score (nSPS) is 11.4. The molecule has 0 aromatic heterocycles. The lowest BCUT2D eigenvalue weighted by Crippen LogP contribution is -2.29. The van der Waals surface area contributed by atoms with Gasteiger partial charge in [0.2, 0.25) is 11.8 Å². The molecule has 2 N–H and O–H groups in total. The molecule has 7 heteroatoms. The lowest BCUT2D eigenvalue weighted by Gasteiger charge is -2.18. The number of nitrogens with one attached hydrogen (secondary N) is 2. The maximum absolute atomic E-state index is 12.4. The van der Waals surface area contributed by atoms with Gasteiger partial charge in [-0.3, -0.25) is 9.59 Å². The molecule has 0 aliphatic carbocycles. The van der Waals surface area contributed by atoms with E-state index < -0.39 is 6.04 Å². The van der Waals surface area contributed by atoms with Gasteiger partial charge in [0.25, 0.3) is 0 Å². The highest BCUT2D eigenvalue weighted by Gasteiger charge is 2.18. The van der Waals surface area contributed by atoms with Crippen LogP contribution in [0, 0.1) is 0 Å². The second kappa shape index (κ2) is 9.10. The number of amides is 2. The molecule has 0 spiro atoms. The van der Waals surface area contributed by atoms with E-state index in [0.717, 1.165) is 5.56 Å². The van der Waals surface area contributed by atoms with Crippen LogP contribution in [0.4, 0.5) is 5.69 Å². The number of carbonyl (C=O) groups excluding carboxylic acids is 2. The highest BCUT2D eigenvalue weighted by molar-refractivity contribution is 6.30. The van der Waals surface area contributed by atoms with Crippen molar-refractivity contribution in [2.75, 3.05) is 19.5 Å². The van der Waals surface area contributed by atoms with Crippen LogP contribution < -0.4 is 20.1 Å². The van der Waals surface area contributed by atoms with Gasteiger partial charge in [-0.15, -0.1) is 0 Å². The Hall–Kier alpha value is -2.73. The van der Waals surface area contributed by atoms with Gasteiger partial charge in [0.05, 0.1) is 26.7 Å². The van der Waals surface area contributed by atoms with Crippen molar-refractivity contribution in [3.05, 3.63) is 53.1 Å². The minimum Gasteiger partial charge on any atom is -0.493 e. The topological polar surface area (TPSA) is 76.7 Å². The van der Waals surface area contributed by atoms with Gasteiger partial charge in [-0.25, -0.2) is 0 Å². The molecule has 2 aromatic carbocycles. The van der Waals surface area contributed by atoms with E-state index in [9.17, 15) is 9.59 Å². The number of rotatable bonds is 7. The van der Waals surface area contributed by atoms with Crippen LogP contribution in [0.25, 0.3) is 0 Å². The SMILES string of the molecule is COc1ccc(NC(=O)CC(NC(C)=O)c2ccc(Cl)cc2)cc1OC. The van der Waals surface area contributed by atoms with Gasteiger partial charge in [-0.1, -0.05) is 23.7 Å². The molecule has 0 bridgehead atoms. The molecule has 0 saturated carbocycles. The van der Waals surface area contributed by atoms with Gasteiger partial charge in [-0.05, 0) is 29.8 Å². The summed E-state index contributed by atoms with van der Waals surface area (Å²) < 4.78 is 10.4. The van der Waals surface area contributed by atoms with Crippen LogP contribution in [-0.2, 0) is 9.59 Å². The first-order valence-electron chi connectivity index (χ1n) is 7.97. The molecule has 138 valence electrons. The maximum Gasteiger partial charge on any atom is 0.226 e. The fourth-order valence-electron chi connectivity index (χ4n) is 2.50. The molecule has 26 heavy (non-hydrogen) atoms. The number of halogens is 1. The minimum absolute atomic E-state index is 0.0789. The molecule has 1 unspecified atom stereocenters. The zero-order valence-corrected chi connectivity index (χ0v) is 15.6. The van der Waals surface area contributed by atoms with Crippen molar-refractivity contribution in [3.63, 3.8) is 0 Å². The van der Waals surface area contributed by atoms with Crippen molar-refractivity contribution in [1.82, 2.24) is 5.32 Å². The summed E-state index contributed by atoms with van der Waals surface area (Å²) in [4.78, 5) is 23.9. The smallest absolute Gasteiger partial charge is 0.226 e. The van der Waals surface area contributed by atoms with Crippen molar-refractivity contribution < 1.29 is 19.1 Å². The van der Waals surface area contributed by atoms with Crippen molar-refractivity contribution in [2.45, 2.75) is 19.4 Å². The van der Waals surface area contributed by atoms with E-state index >= 15 is 0 Å².